The van der Waals surface area contributed by atoms with Crippen molar-refractivity contribution in [3.63, 3.8) is 0 Å². The van der Waals surface area contributed by atoms with E-state index >= 15 is 0 Å². The number of phenols is 2. The van der Waals surface area contributed by atoms with Crippen molar-refractivity contribution in [1.82, 2.24) is 5.32 Å². The summed E-state index contributed by atoms with van der Waals surface area (Å²) in [4.78, 5) is 0. The zero-order valence-corrected chi connectivity index (χ0v) is 13.1. The minimum Gasteiger partial charge on any atom is -0.508 e. The minimum atomic E-state index is -0.0309. The van der Waals surface area contributed by atoms with Crippen LogP contribution in [0.2, 0.25) is 10.0 Å². The SMILES string of the molecule is CC(NCCc1ccc(Cl)cc1Cl)c1ccc(O)cc1O. The van der Waals surface area contributed by atoms with Gasteiger partial charge in [-0.25, -0.2) is 0 Å². The van der Waals surface area contributed by atoms with Gasteiger partial charge in [0.15, 0.2) is 0 Å². The van der Waals surface area contributed by atoms with E-state index in [4.69, 9.17) is 23.2 Å². The van der Waals surface area contributed by atoms with E-state index in [-0.39, 0.29) is 17.5 Å². The van der Waals surface area contributed by atoms with Gasteiger partial charge in [-0.05, 0) is 43.7 Å². The molecule has 2 aromatic carbocycles. The number of hydrogen-bond acceptors (Lipinski definition) is 3. The van der Waals surface area contributed by atoms with Gasteiger partial charge in [0.25, 0.3) is 0 Å². The van der Waals surface area contributed by atoms with Gasteiger partial charge in [-0.2, -0.15) is 0 Å². The molecule has 0 saturated heterocycles. The Labute approximate surface area is 134 Å². The fourth-order valence-corrected chi connectivity index (χ4v) is 2.66. The fraction of sp³-hybridized carbons (Fsp3) is 0.250. The molecule has 1 atom stereocenters. The maximum Gasteiger partial charge on any atom is 0.124 e. The number of benzene rings is 2. The summed E-state index contributed by atoms with van der Waals surface area (Å²) in [6, 6.07) is 10.0. The van der Waals surface area contributed by atoms with Crippen molar-refractivity contribution >= 4 is 23.2 Å². The molecular formula is C16H17Cl2NO2. The van der Waals surface area contributed by atoms with Crippen molar-refractivity contribution in [2.75, 3.05) is 6.54 Å². The molecule has 5 heteroatoms. The molecule has 0 radical (unpaired) electrons. The highest BCUT2D eigenvalue weighted by molar-refractivity contribution is 6.35. The Morgan fingerprint density at radius 1 is 1.10 bits per heavy atom. The largest absolute Gasteiger partial charge is 0.508 e. The summed E-state index contributed by atoms with van der Waals surface area (Å²) >= 11 is 12.0. The van der Waals surface area contributed by atoms with Crippen molar-refractivity contribution < 1.29 is 10.2 Å². The van der Waals surface area contributed by atoms with Gasteiger partial charge in [0.05, 0.1) is 0 Å². The second-order valence-electron chi connectivity index (χ2n) is 4.90. The first kappa shape index (κ1) is 16.0. The number of rotatable bonds is 5. The summed E-state index contributed by atoms with van der Waals surface area (Å²) in [6.07, 6.45) is 0.763. The molecule has 0 spiro atoms. The second-order valence-corrected chi connectivity index (χ2v) is 5.75. The number of hydrogen-bond donors (Lipinski definition) is 3. The number of phenolic OH excluding ortho intramolecular Hbond substituents is 2. The highest BCUT2D eigenvalue weighted by Gasteiger charge is 2.10. The van der Waals surface area contributed by atoms with Crippen LogP contribution in [0.3, 0.4) is 0 Å². The molecule has 21 heavy (non-hydrogen) atoms. The average molecular weight is 326 g/mol. The predicted octanol–water partition coefficient (Wildman–Crippen LogP) is 4.30. The van der Waals surface area contributed by atoms with Crippen molar-refractivity contribution in [2.45, 2.75) is 19.4 Å². The van der Waals surface area contributed by atoms with E-state index in [1.165, 1.54) is 6.07 Å². The van der Waals surface area contributed by atoms with Crippen LogP contribution in [-0.4, -0.2) is 16.8 Å². The Balaban J connectivity index is 1.93. The van der Waals surface area contributed by atoms with Crippen molar-refractivity contribution in [2.24, 2.45) is 0 Å². The lowest BCUT2D eigenvalue weighted by atomic mass is 10.1. The summed E-state index contributed by atoms with van der Waals surface area (Å²) in [7, 11) is 0. The fourth-order valence-electron chi connectivity index (χ4n) is 2.16. The van der Waals surface area contributed by atoms with E-state index in [1.54, 1.807) is 18.2 Å². The molecule has 0 aliphatic rings. The highest BCUT2D eigenvalue weighted by Crippen LogP contribution is 2.27. The second kappa shape index (κ2) is 7.03. The summed E-state index contributed by atoms with van der Waals surface area (Å²) in [6.45, 7) is 2.67. The van der Waals surface area contributed by atoms with Crippen molar-refractivity contribution in [3.8, 4) is 11.5 Å². The Hall–Kier alpha value is -1.42. The molecule has 0 aliphatic carbocycles. The monoisotopic (exact) mass is 325 g/mol. The Bertz CT molecular complexity index is 632. The van der Waals surface area contributed by atoms with Gasteiger partial charge in [-0.3, -0.25) is 0 Å². The van der Waals surface area contributed by atoms with E-state index in [1.807, 2.05) is 19.1 Å². The Kier molecular flexibility index (Phi) is 5.34. The molecule has 1 unspecified atom stereocenters. The normalized spacial score (nSPS) is 12.3. The molecule has 2 aromatic rings. The van der Waals surface area contributed by atoms with Gasteiger partial charge in [0.2, 0.25) is 0 Å². The lowest BCUT2D eigenvalue weighted by molar-refractivity contribution is 0.436. The number of nitrogens with one attached hydrogen (secondary N) is 1. The van der Waals surface area contributed by atoms with Crippen LogP contribution in [0.5, 0.6) is 11.5 Å². The summed E-state index contributed by atoms with van der Waals surface area (Å²) in [5, 5.41) is 23.7. The van der Waals surface area contributed by atoms with Crippen LogP contribution in [-0.2, 0) is 6.42 Å². The quantitative estimate of drug-likeness (QED) is 0.768. The van der Waals surface area contributed by atoms with Crippen LogP contribution in [0.1, 0.15) is 24.1 Å². The van der Waals surface area contributed by atoms with E-state index in [2.05, 4.69) is 5.32 Å². The molecule has 0 bridgehead atoms. The molecular weight excluding hydrogens is 309 g/mol. The summed E-state index contributed by atoms with van der Waals surface area (Å²) < 4.78 is 0. The zero-order chi connectivity index (χ0) is 15.4. The first-order valence-corrected chi connectivity index (χ1v) is 7.42. The smallest absolute Gasteiger partial charge is 0.124 e. The van der Waals surface area contributed by atoms with Gasteiger partial charge < -0.3 is 15.5 Å². The molecule has 3 N–H and O–H groups in total. The van der Waals surface area contributed by atoms with E-state index in [0.717, 1.165) is 17.5 Å². The van der Waals surface area contributed by atoms with Gasteiger partial charge in [-0.15, -0.1) is 0 Å². The average Bonchev–Trinajstić information content (AvgIpc) is 2.41. The lowest BCUT2D eigenvalue weighted by Gasteiger charge is -2.16. The molecule has 0 amide bonds. The van der Waals surface area contributed by atoms with E-state index in [0.29, 0.717) is 16.6 Å². The highest BCUT2D eigenvalue weighted by atomic mass is 35.5. The first-order chi connectivity index (χ1) is 9.97. The number of halogens is 2. The van der Waals surface area contributed by atoms with Crippen LogP contribution in [0.4, 0.5) is 0 Å². The summed E-state index contributed by atoms with van der Waals surface area (Å²) in [5.41, 5.74) is 1.77. The third kappa shape index (κ3) is 4.27. The van der Waals surface area contributed by atoms with Crippen LogP contribution in [0.25, 0.3) is 0 Å². The Morgan fingerprint density at radius 3 is 2.52 bits per heavy atom. The van der Waals surface area contributed by atoms with Crippen molar-refractivity contribution in [3.05, 3.63) is 57.6 Å². The molecule has 0 aliphatic heterocycles. The maximum absolute atomic E-state index is 9.82. The molecule has 0 fully saturated rings. The van der Waals surface area contributed by atoms with Gasteiger partial charge in [-0.1, -0.05) is 35.3 Å². The Morgan fingerprint density at radius 2 is 1.86 bits per heavy atom. The zero-order valence-electron chi connectivity index (χ0n) is 11.6. The summed E-state index contributed by atoms with van der Waals surface area (Å²) in [5.74, 6) is 0.135. The number of aromatic hydroxyl groups is 2. The lowest BCUT2D eigenvalue weighted by Crippen LogP contribution is -2.21. The molecule has 2 rings (SSSR count). The van der Waals surface area contributed by atoms with Crippen LogP contribution in [0.15, 0.2) is 36.4 Å². The third-order valence-electron chi connectivity index (χ3n) is 3.34. The molecule has 112 valence electrons. The van der Waals surface area contributed by atoms with Crippen LogP contribution >= 0.6 is 23.2 Å². The topological polar surface area (TPSA) is 52.5 Å². The molecule has 0 aromatic heterocycles. The first-order valence-electron chi connectivity index (χ1n) is 6.66. The predicted molar refractivity (Wildman–Crippen MR) is 86.4 cm³/mol. The molecule has 3 nitrogen and oxygen atoms in total. The van der Waals surface area contributed by atoms with Gasteiger partial charge in [0, 0.05) is 27.7 Å². The third-order valence-corrected chi connectivity index (χ3v) is 3.93. The van der Waals surface area contributed by atoms with Crippen LogP contribution < -0.4 is 5.32 Å². The van der Waals surface area contributed by atoms with Gasteiger partial charge >= 0.3 is 0 Å². The van der Waals surface area contributed by atoms with Gasteiger partial charge in [0.1, 0.15) is 11.5 Å². The van der Waals surface area contributed by atoms with Crippen LogP contribution in [0, 0.1) is 0 Å². The molecule has 0 saturated carbocycles. The standard InChI is InChI=1S/C16H17Cl2NO2/c1-10(14-5-4-13(20)9-16(14)21)19-7-6-11-2-3-12(17)8-15(11)18/h2-5,8-10,19-21H,6-7H2,1H3. The van der Waals surface area contributed by atoms with E-state index < -0.39 is 0 Å². The van der Waals surface area contributed by atoms with E-state index in [9.17, 15) is 10.2 Å². The minimum absolute atomic E-state index is 0.0309. The maximum atomic E-state index is 9.82. The molecule has 0 heterocycles. The van der Waals surface area contributed by atoms with Crippen molar-refractivity contribution in [1.29, 1.82) is 0 Å².